The number of anilines is 1. The van der Waals surface area contributed by atoms with Crippen LogP contribution in [0.4, 0.5) is 5.82 Å². The van der Waals surface area contributed by atoms with Crippen molar-refractivity contribution >= 4 is 29.1 Å². The highest BCUT2D eigenvalue weighted by atomic mass is 35.5. The molecular formula is C14H15ClN4. The van der Waals surface area contributed by atoms with E-state index in [1.807, 2.05) is 30.3 Å². The lowest BCUT2D eigenvalue weighted by Gasteiger charge is -2.29. The molecule has 4 nitrogen and oxygen atoms in total. The molecule has 2 heterocycles. The van der Waals surface area contributed by atoms with Crippen LogP contribution in [0.1, 0.15) is 5.56 Å². The normalized spacial score (nSPS) is 14.8. The van der Waals surface area contributed by atoms with E-state index in [4.69, 9.17) is 0 Å². The van der Waals surface area contributed by atoms with Crippen LogP contribution < -0.4 is 10.2 Å². The van der Waals surface area contributed by atoms with Gasteiger partial charge in [0.25, 0.3) is 0 Å². The minimum atomic E-state index is 0. The highest BCUT2D eigenvalue weighted by molar-refractivity contribution is 5.85. The van der Waals surface area contributed by atoms with Crippen LogP contribution in [0, 0.1) is 11.3 Å². The molecule has 0 amide bonds. The Bertz CT molecular complexity index is 614. The molecule has 0 aliphatic carbocycles. The molecular weight excluding hydrogens is 260 g/mol. The number of halogens is 1. The number of aromatic nitrogens is 1. The van der Waals surface area contributed by atoms with E-state index in [9.17, 15) is 5.26 Å². The van der Waals surface area contributed by atoms with Crippen molar-refractivity contribution in [1.82, 2.24) is 10.3 Å². The van der Waals surface area contributed by atoms with Gasteiger partial charge in [-0.1, -0.05) is 18.2 Å². The van der Waals surface area contributed by atoms with Crippen molar-refractivity contribution in [3.05, 3.63) is 35.9 Å². The summed E-state index contributed by atoms with van der Waals surface area (Å²) in [6, 6.07) is 12.1. The van der Waals surface area contributed by atoms with Gasteiger partial charge in [0.15, 0.2) is 0 Å². The van der Waals surface area contributed by atoms with E-state index in [2.05, 4.69) is 21.3 Å². The average Bonchev–Trinajstić information content (AvgIpc) is 2.46. The molecule has 0 bridgehead atoms. The monoisotopic (exact) mass is 274 g/mol. The lowest BCUT2D eigenvalue weighted by Crippen LogP contribution is -2.44. The summed E-state index contributed by atoms with van der Waals surface area (Å²) in [5.41, 5.74) is 1.61. The zero-order valence-electron chi connectivity index (χ0n) is 10.5. The number of pyridine rings is 1. The largest absolute Gasteiger partial charge is 0.353 e. The lowest BCUT2D eigenvalue weighted by atomic mass is 10.1. The van der Waals surface area contributed by atoms with Crippen LogP contribution in [0.3, 0.4) is 0 Å². The molecule has 0 radical (unpaired) electrons. The maximum atomic E-state index is 9.28. The highest BCUT2D eigenvalue weighted by Gasteiger charge is 2.16. The van der Waals surface area contributed by atoms with Crippen LogP contribution in [0.25, 0.3) is 10.9 Å². The Morgan fingerprint density at radius 3 is 2.68 bits per heavy atom. The molecule has 1 aliphatic rings. The van der Waals surface area contributed by atoms with Gasteiger partial charge in [-0.3, -0.25) is 0 Å². The van der Waals surface area contributed by atoms with Crippen molar-refractivity contribution < 1.29 is 0 Å². The van der Waals surface area contributed by atoms with Crippen LogP contribution in [0.5, 0.6) is 0 Å². The molecule has 0 spiro atoms. The first kappa shape index (κ1) is 13.6. The van der Waals surface area contributed by atoms with Gasteiger partial charge in [-0.2, -0.15) is 5.26 Å². The fourth-order valence-electron chi connectivity index (χ4n) is 2.31. The smallest absolute Gasteiger partial charge is 0.147 e. The van der Waals surface area contributed by atoms with E-state index in [-0.39, 0.29) is 12.4 Å². The fourth-order valence-corrected chi connectivity index (χ4v) is 2.31. The summed E-state index contributed by atoms with van der Waals surface area (Å²) >= 11 is 0. The topological polar surface area (TPSA) is 52.0 Å². The van der Waals surface area contributed by atoms with Gasteiger partial charge >= 0.3 is 0 Å². The standard InChI is InChI=1S/C14H14N4.ClH/c15-10-12-9-11-3-1-2-4-13(11)17-14(12)18-7-5-16-6-8-18;/h1-4,9,16H,5-8H2;1H. The van der Waals surface area contributed by atoms with Crippen LogP contribution in [-0.4, -0.2) is 31.2 Å². The van der Waals surface area contributed by atoms with E-state index in [0.717, 1.165) is 42.9 Å². The van der Waals surface area contributed by atoms with E-state index in [1.54, 1.807) is 0 Å². The average molecular weight is 275 g/mol. The van der Waals surface area contributed by atoms with Crippen LogP contribution >= 0.6 is 12.4 Å². The number of rotatable bonds is 1. The summed E-state index contributed by atoms with van der Waals surface area (Å²) in [5, 5.41) is 13.6. The number of nitrogens with one attached hydrogen (secondary N) is 1. The first-order valence-electron chi connectivity index (χ1n) is 6.14. The fraction of sp³-hybridized carbons (Fsp3) is 0.286. The summed E-state index contributed by atoms with van der Waals surface area (Å²) < 4.78 is 0. The second-order valence-electron chi connectivity index (χ2n) is 4.40. The molecule has 0 unspecified atom stereocenters. The van der Waals surface area contributed by atoms with E-state index < -0.39 is 0 Å². The predicted molar refractivity (Wildman–Crippen MR) is 78.8 cm³/mol. The number of fused-ring (bicyclic) bond motifs is 1. The zero-order valence-corrected chi connectivity index (χ0v) is 11.3. The molecule has 19 heavy (non-hydrogen) atoms. The molecule has 2 aromatic rings. The Morgan fingerprint density at radius 2 is 1.95 bits per heavy atom. The van der Waals surface area contributed by atoms with Crippen molar-refractivity contribution in [2.75, 3.05) is 31.1 Å². The van der Waals surface area contributed by atoms with Crippen molar-refractivity contribution in [2.45, 2.75) is 0 Å². The highest BCUT2D eigenvalue weighted by Crippen LogP contribution is 2.23. The molecule has 0 atom stereocenters. The summed E-state index contributed by atoms with van der Waals surface area (Å²) in [6.45, 7) is 3.69. The Labute approximate surface area is 118 Å². The molecule has 3 rings (SSSR count). The van der Waals surface area contributed by atoms with E-state index in [0.29, 0.717) is 5.56 Å². The minimum Gasteiger partial charge on any atom is -0.353 e. The van der Waals surface area contributed by atoms with Gasteiger partial charge in [-0.25, -0.2) is 4.98 Å². The van der Waals surface area contributed by atoms with Gasteiger partial charge < -0.3 is 10.2 Å². The maximum absolute atomic E-state index is 9.28. The van der Waals surface area contributed by atoms with Crippen molar-refractivity contribution in [1.29, 1.82) is 5.26 Å². The molecule has 1 aliphatic heterocycles. The van der Waals surface area contributed by atoms with Gasteiger partial charge in [0.05, 0.1) is 11.1 Å². The summed E-state index contributed by atoms with van der Waals surface area (Å²) in [7, 11) is 0. The zero-order chi connectivity index (χ0) is 12.4. The number of hydrogen-bond acceptors (Lipinski definition) is 4. The Kier molecular flexibility index (Phi) is 4.20. The molecule has 5 heteroatoms. The third-order valence-electron chi connectivity index (χ3n) is 3.24. The minimum absolute atomic E-state index is 0. The lowest BCUT2D eigenvalue weighted by molar-refractivity contribution is 0.585. The van der Waals surface area contributed by atoms with Crippen molar-refractivity contribution in [3.63, 3.8) is 0 Å². The van der Waals surface area contributed by atoms with Gasteiger partial charge in [-0.05, 0) is 12.1 Å². The number of piperazine rings is 1. The molecule has 1 aromatic heterocycles. The molecule has 1 fully saturated rings. The molecule has 1 aromatic carbocycles. The second-order valence-corrected chi connectivity index (χ2v) is 4.40. The van der Waals surface area contributed by atoms with Gasteiger partial charge in [0, 0.05) is 31.6 Å². The third-order valence-corrected chi connectivity index (χ3v) is 3.24. The molecule has 98 valence electrons. The Hall–Kier alpha value is -1.83. The van der Waals surface area contributed by atoms with Crippen LogP contribution in [0.2, 0.25) is 0 Å². The van der Waals surface area contributed by atoms with Crippen LogP contribution in [0.15, 0.2) is 30.3 Å². The number of para-hydroxylation sites is 1. The van der Waals surface area contributed by atoms with Crippen molar-refractivity contribution in [2.24, 2.45) is 0 Å². The molecule has 1 N–H and O–H groups in total. The van der Waals surface area contributed by atoms with E-state index >= 15 is 0 Å². The second kappa shape index (κ2) is 5.87. The van der Waals surface area contributed by atoms with Crippen molar-refractivity contribution in [3.8, 4) is 6.07 Å². The Morgan fingerprint density at radius 1 is 1.21 bits per heavy atom. The predicted octanol–water partition coefficient (Wildman–Crippen LogP) is 1.94. The van der Waals surface area contributed by atoms with E-state index in [1.165, 1.54) is 0 Å². The van der Waals surface area contributed by atoms with Gasteiger partial charge in [-0.15, -0.1) is 12.4 Å². The quantitative estimate of drug-likeness (QED) is 0.863. The first-order chi connectivity index (χ1) is 8.88. The first-order valence-corrected chi connectivity index (χ1v) is 6.14. The third kappa shape index (κ3) is 2.62. The van der Waals surface area contributed by atoms with Crippen LogP contribution in [-0.2, 0) is 0 Å². The number of hydrogen-bond donors (Lipinski definition) is 1. The number of nitrogens with zero attached hydrogens (tertiary/aromatic N) is 3. The van der Waals surface area contributed by atoms with Gasteiger partial charge in [0.2, 0.25) is 0 Å². The molecule has 0 saturated carbocycles. The number of benzene rings is 1. The maximum Gasteiger partial charge on any atom is 0.147 e. The SMILES string of the molecule is Cl.N#Cc1cc2ccccc2nc1N1CCNCC1. The summed E-state index contributed by atoms with van der Waals surface area (Å²) in [4.78, 5) is 6.83. The van der Waals surface area contributed by atoms with Gasteiger partial charge in [0.1, 0.15) is 11.9 Å². The Balaban J connectivity index is 0.00000133. The number of nitriles is 1. The summed E-state index contributed by atoms with van der Waals surface area (Å²) in [6.07, 6.45) is 0. The molecule has 1 saturated heterocycles. The summed E-state index contributed by atoms with van der Waals surface area (Å²) in [5.74, 6) is 0.817.